The Labute approximate surface area is 203 Å². The van der Waals surface area contributed by atoms with Crippen molar-refractivity contribution in [3.8, 4) is 5.69 Å². The van der Waals surface area contributed by atoms with Crippen LogP contribution in [0.25, 0.3) is 5.69 Å². The zero-order valence-electron chi connectivity index (χ0n) is 18.8. The molecule has 3 heterocycles. The summed E-state index contributed by atoms with van der Waals surface area (Å²) in [4.78, 5) is 18.7. The van der Waals surface area contributed by atoms with E-state index in [0.29, 0.717) is 10.8 Å². The van der Waals surface area contributed by atoms with Gasteiger partial charge in [0.2, 0.25) is 0 Å². The fraction of sp³-hybridized carbons (Fsp3) is 0.148. The number of rotatable bonds is 5. The van der Waals surface area contributed by atoms with Gasteiger partial charge in [0.15, 0.2) is 5.11 Å². The molecule has 1 saturated heterocycles. The molecule has 0 radical (unpaired) electrons. The molecule has 1 fully saturated rings. The number of pyridine rings is 1. The Hall–Kier alpha value is -3.97. The number of benzene rings is 2. The highest BCUT2D eigenvalue weighted by atomic mass is 32.1. The second kappa shape index (κ2) is 8.76. The second-order valence-electron chi connectivity index (χ2n) is 8.32. The lowest BCUT2D eigenvalue weighted by Gasteiger charge is -2.28. The van der Waals surface area contributed by atoms with Gasteiger partial charge in [-0.25, -0.2) is 4.79 Å². The lowest BCUT2D eigenvalue weighted by molar-refractivity contribution is 0.0697. The van der Waals surface area contributed by atoms with Crippen LogP contribution >= 0.6 is 12.2 Å². The average Bonchev–Trinajstić information content (AvgIpc) is 3.35. The molecule has 7 heteroatoms. The maximum atomic E-state index is 11.9. The van der Waals surface area contributed by atoms with E-state index in [0.717, 1.165) is 28.3 Å². The number of nitrogens with one attached hydrogen (secondary N) is 1. The zero-order valence-corrected chi connectivity index (χ0v) is 19.7. The van der Waals surface area contributed by atoms with E-state index in [1.54, 1.807) is 18.3 Å². The summed E-state index contributed by atoms with van der Waals surface area (Å²) in [7, 11) is 0. The molecule has 0 aliphatic carbocycles. The molecule has 2 atom stereocenters. The third kappa shape index (κ3) is 3.64. The number of aromatic nitrogens is 2. The van der Waals surface area contributed by atoms with Crippen molar-refractivity contribution in [3.63, 3.8) is 0 Å². The summed E-state index contributed by atoms with van der Waals surface area (Å²) in [6.07, 6.45) is 1.79. The van der Waals surface area contributed by atoms with Crippen LogP contribution in [0.1, 0.15) is 45.1 Å². The summed E-state index contributed by atoms with van der Waals surface area (Å²) in [5.41, 5.74) is 5.76. The molecule has 2 N–H and O–H groups in total. The smallest absolute Gasteiger partial charge is 0.337 e. The number of carboxylic acid groups (broad SMARTS) is 1. The summed E-state index contributed by atoms with van der Waals surface area (Å²) in [6.45, 7) is 4.03. The van der Waals surface area contributed by atoms with E-state index in [4.69, 9.17) is 12.2 Å². The molecule has 1 aliphatic heterocycles. The number of carboxylic acids is 1. The van der Waals surface area contributed by atoms with E-state index in [-0.39, 0.29) is 17.6 Å². The van der Waals surface area contributed by atoms with Gasteiger partial charge < -0.3 is 19.9 Å². The predicted octanol–water partition coefficient (Wildman–Crippen LogP) is 5.36. The minimum absolute atomic E-state index is 0.165. The zero-order chi connectivity index (χ0) is 23.8. The van der Waals surface area contributed by atoms with Gasteiger partial charge in [-0.3, -0.25) is 4.98 Å². The van der Waals surface area contributed by atoms with Crippen molar-refractivity contribution in [2.24, 2.45) is 0 Å². The second-order valence-corrected chi connectivity index (χ2v) is 8.70. The van der Waals surface area contributed by atoms with Crippen LogP contribution in [0.5, 0.6) is 0 Å². The van der Waals surface area contributed by atoms with Crippen molar-refractivity contribution in [2.45, 2.75) is 25.9 Å². The van der Waals surface area contributed by atoms with Crippen LogP contribution in [0.15, 0.2) is 85.1 Å². The molecule has 6 nitrogen and oxygen atoms in total. The summed E-state index contributed by atoms with van der Waals surface area (Å²) >= 11 is 5.81. The van der Waals surface area contributed by atoms with Gasteiger partial charge in [0.05, 0.1) is 29.0 Å². The molecule has 0 unspecified atom stereocenters. The van der Waals surface area contributed by atoms with Crippen molar-refractivity contribution >= 4 is 29.0 Å². The minimum atomic E-state index is -0.953. The SMILES string of the molecule is Cc1cc([C@@H]2[C@@H](c3ccccn3)NC(=S)N2c2ccccc2)c(C)n1-c1ccccc1C(=O)O. The summed E-state index contributed by atoms with van der Waals surface area (Å²) in [5, 5.41) is 13.9. The van der Waals surface area contributed by atoms with Gasteiger partial charge >= 0.3 is 5.97 Å². The van der Waals surface area contributed by atoms with E-state index >= 15 is 0 Å². The third-order valence-corrected chi connectivity index (χ3v) is 6.61. The van der Waals surface area contributed by atoms with E-state index in [1.165, 1.54) is 0 Å². The number of hydrogen-bond donors (Lipinski definition) is 2. The first-order valence-electron chi connectivity index (χ1n) is 11.0. The van der Waals surface area contributed by atoms with Crippen LogP contribution in [0.3, 0.4) is 0 Å². The Morgan fingerprint density at radius 2 is 1.71 bits per heavy atom. The Bertz CT molecular complexity index is 1370. The lowest BCUT2D eigenvalue weighted by atomic mass is 9.96. The number of nitrogens with zero attached hydrogens (tertiary/aromatic N) is 3. The van der Waals surface area contributed by atoms with E-state index in [9.17, 15) is 9.90 Å². The molecule has 170 valence electrons. The topological polar surface area (TPSA) is 70.4 Å². The van der Waals surface area contributed by atoms with Crippen LogP contribution in [-0.2, 0) is 0 Å². The third-order valence-electron chi connectivity index (χ3n) is 6.30. The van der Waals surface area contributed by atoms with Gasteiger partial charge in [-0.15, -0.1) is 0 Å². The first kappa shape index (κ1) is 21.9. The van der Waals surface area contributed by atoms with E-state index in [1.807, 2.05) is 79.1 Å². The maximum Gasteiger partial charge on any atom is 0.337 e. The molecular formula is C27H24N4O2S. The van der Waals surface area contributed by atoms with Gasteiger partial charge in [0, 0.05) is 23.3 Å². The van der Waals surface area contributed by atoms with Crippen LogP contribution in [-0.4, -0.2) is 25.7 Å². The Kier molecular flexibility index (Phi) is 5.63. The number of para-hydroxylation sites is 2. The van der Waals surface area contributed by atoms with Gasteiger partial charge in [-0.2, -0.15) is 0 Å². The standard InChI is InChI=1S/C27H24N4O2S/c1-17-16-21(18(2)30(17)23-14-7-6-12-20(23)26(32)33)25-24(22-13-8-9-15-28-22)29-27(34)31(25)19-10-4-3-5-11-19/h3-16,24-25H,1-2H3,(H,29,34)(H,32,33)/t24-,25-/m1/s1. The first-order chi connectivity index (χ1) is 16.5. The lowest BCUT2D eigenvalue weighted by Crippen LogP contribution is -2.29. The first-order valence-corrected chi connectivity index (χ1v) is 11.5. The quantitative estimate of drug-likeness (QED) is 0.384. The van der Waals surface area contributed by atoms with Crippen LogP contribution in [0, 0.1) is 13.8 Å². The molecule has 5 rings (SSSR count). The molecule has 0 saturated carbocycles. The largest absolute Gasteiger partial charge is 0.478 e. The van der Waals surface area contributed by atoms with Crippen LogP contribution in [0.4, 0.5) is 5.69 Å². The van der Waals surface area contributed by atoms with Gasteiger partial charge in [0.25, 0.3) is 0 Å². The van der Waals surface area contributed by atoms with Gasteiger partial charge in [-0.05, 0) is 74.1 Å². The maximum absolute atomic E-state index is 11.9. The van der Waals surface area contributed by atoms with Crippen LogP contribution < -0.4 is 10.2 Å². The van der Waals surface area contributed by atoms with Crippen molar-refractivity contribution in [1.29, 1.82) is 0 Å². The fourth-order valence-corrected chi connectivity index (χ4v) is 5.19. The minimum Gasteiger partial charge on any atom is -0.478 e. The summed E-state index contributed by atoms with van der Waals surface area (Å²) < 4.78 is 2.01. The number of thiocarbonyl (C=S) groups is 1. The monoisotopic (exact) mass is 468 g/mol. The highest BCUT2D eigenvalue weighted by molar-refractivity contribution is 7.80. The molecule has 4 aromatic rings. The number of aryl methyl sites for hydroxylation is 1. The molecule has 34 heavy (non-hydrogen) atoms. The summed E-state index contributed by atoms with van der Waals surface area (Å²) in [5.74, 6) is -0.953. The highest BCUT2D eigenvalue weighted by Crippen LogP contribution is 2.43. The van der Waals surface area contributed by atoms with Gasteiger partial charge in [-0.1, -0.05) is 36.4 Å². The Morgan fingerprint density at radius 3 is 2.41 bits per heavy atom. The Morgan fingerprint density at radius 1 is 1.00 bits per heavy atom. The van der Waals surface area contributed by atoms with Crippen LogP contribution in [0.2, 0.25) is 0 Å². The molecule has 0 spiro atoms. The molecule has 2 aromatic carbocycles. The molecule has 0 amide bonds. The number of anilines is 1. The van der Waals surface area contributed by atoms with Crippen molar-refractivity contribution in [1.82, 2.24) is 14.9 Å². The predicted molar refractivity (Wildman–Crippen MR) is 137 cm³/mol. The van der Waals surface area contributed by atoms with E-state index in [2.05, 4.69) is 21.3 Å². The van der Waals surface area contributed by atoms with Crippen molar-refractivity contribution < 1.29 is 9.90 Å². The van der Waals surface area contributed by atoms with Crippen molar-refractivity contribution in [3.05, 3.63) is 113 Å². The van der Waals surface area contributed by atoms with Gasteiger partial charge in [0.1, 0.15) is 0 Å². The van der Waals surface area contributed by atoms with E-state index < -0.39 is 5.97 Å². The number of hydrogen-bond acceptors (Lipinski definition) is 3. The Balaban J connectivity index is 1.70. The normalized spacial score (nSPS) is 17.6. The molecule has 2 aromatic heterocycles. The van der Waals surface area contributed by atoms with Crippen molar-refractivity contribution in [2.75, 3.05) is 4.90 Å². The fourth-order valence-electron chi connectivity index (χ4n) is 4.84. The number of aromatic carboxylic acids is 1. The molecule has 0 bridgehead atoms. The average molecular weight is 469 g/mol. The highest BCUT2D eigenvalue weighted by Gasteiger charge is 2.42. The summed E-state index contributed by atoms with van der Waals surface area (Å²) in [6, 6.07) is 24.8. The molecule has 1 aliphatic rings. The molecular weight excluding hydrogens is 444 g/mol. The number of carbonyl (C=O) groups is 1.